The smallest absolute Gasteiger partial charge is 0.414 e. The zero-order chi connectivity index (χ0) is 21.5. The molecule has 160 valence electrons. The lowest BCUT2D eigenvalue weighted by Gasteiger charge is -2.40. The second kappa shape index (κ2) is 7.75. The Morgan fingerprint density at radius 1 is 1.30 bits per heavy atom. The molecule has 2 aliphatic heterocycles. The van der Waals surface area contributed by atoms with Gasteiger partial charge in [0, 0.05) is 31.5 Å². The summed E-state index contributed by atoms with van der Waals surface area (Å²) in [7, 11) is 0. The summed E-state index contributed by atoms with van der Waals surface area (Å²) in [6.07, 6.45) is 4.41. The van der Waals surface area contributed by atoms with Crippen molar-refractivity contribution in [1.82, 2.24) is 5.32 Å². The highest BCUT2D eigenvalue weighted by Gasteiger charge is 2.44. The number of rotatable bonds is 5. The Balaban J connectivity index is 1.69. The quantitative estimate of drug-likeness (QED) is 0.725. The van der Waals surface area contributed by atoms with Crippen molar-refractivity contribution in [2.45, 2.75) is 51.3 Å². The molecular weight excluding hydrogens is 384 g/mol. The molecule has 0 aromatic heterocycles. The van der Waals surface area contributed by atoms with Gasteiger partial charge in [-0.1, -0.05) is 6.07 Å². The fourth-order valence-corrected chi connectivity index (χ4v) is 3.75. The van der Waals surface area contributed by atoms with Crippen molar-refractivity contribution in [1.29, 1.82) is 5.41 Å². The van der Waals surface area contributed by atoms with Crippen molar-refractivity contribution in [2.24, 2.45) is 0 Å². The third-order valence-electron chi connectivity index (χ3n) is 5.86. The van der Waals surface area contributed by atoms with E-state index in [1.807, 2.05) is 32.0 Å². The van der Waals surface area contributed by atoms with Gasteiger partial charge in [0.25, 0.3) is 0 Å². The maximum Gasteiger partial charge on any atom is 0.414 e. The standard InChI is InChI=1S/C22H28N4O4/c1-14-11-25(21(28)30-22(3)6-7-22)20-8-16(4-5-19(20)26(14)15(2)27)17(9-23)10-24-18-12-29-13-18/h4-5,8-10,14,18,23-24H,6-7,11-13H2,1-3H3/b17-10+,23-9?. The Kier molecular flexibility index (Phi) is 5.27. The first kappa shape index (κ1) is 20.4. The molecule has 1 atom stereocenters. The van der Waals surface area contributed by atoms with Crippen LogP contribution < -0.4 is 15.1 Å². The Morgan fingerprint density at radius 3 is 2.60 bits per heavy atom. The van der Waals surface area contributed by atoms with Gasteiger partial charge in [0.2, 0.25) is 5.91 Å². The molecule has 3 aliphatic rings. The van der Waals surface area contributed by atoms with Gasteiger partial charge >= 0.3 is 6.09 Å². The minimum Gasteiger partial charge on any atom is -0.443 e. The van der Waals surface area contributed by atoms with Crippen molar-refractivity contribution in [3.05, 3.63) is 30.0 Å². The number of carbonyl (C=O) groups excluding carboxylic acids is 2. The van der Waals surface area contributed by atoms with E-state index < -0.39 is 6.09 Å². The first-order valence-electron chi connectivity index (χ1n) is 10.3. The van der Waals surface area contributed by atoms with Crippen molar-refractivity contribution in [2.75, 3.05) is 29.6 Å². The number of hydrogen-bond donors (Lipinski definition) is 2. The molecule has 30 heavy (non-hydrogen) atoms. The first-order valence-corrected chi connectivity index (χ1v) is 10.3. The van der Waals surface area contributed by atoms with Crippen LogP contribution in [0.2, 0.25) is 0 Å². The zero-order valence-electron chi connectivity index (χ0n) is 17.6. The fraction of sp³-hybridized carbons (Fsp3) is 0.500. The number of allylic oxidation sites excluding steroid dienone is 1. The molecule has 1 saturated carbocycles. The predicted octanol–water partition coefficient (Wildman–Crippen LogP) is 2.92. The molecule has 1 unspecified atom stereocenters. The summed E-state index contributed by atoms with van der Waals surface area (Å²) in [4.78, 5) is 28.6. The van der Waals surface area contributed by atoms with E-state index in [4.69, 9.17) is 14.9 Å². The topological polar surface area (TPSA) is 95.0 Å². The van der Waals surface area contributed by atoms with Gasteiger partial charge in [-0.2, -0.15) is 0 Å². The second-order valence-electron chi connectivity index (χ2n) is 8.52. The molecule has 4 rings (SSSR count). The zero-order valence-corrected chi connectivity index (χ0v) is 17.6. The van der Waals surface area contributed by atoms with E-state index in [1.54, 1.807) is 16.0 Å². The molecule has 8 nitrogen and oxygen atoms in total. The van der Waals surface area contributed by atoms with Crippen molar-refractivity contribution in [3.8, 4) is 0 Å². The molecule has 0 spiro atoms. The van der Waals surface area contributed by atoms with Gasteiger partial charge in [-0.3, -0.25) is 9.69 Å². The van der Waals surface area contributed by atoms with Crippen LogP contribution in [0.25, 0.3) is 5.57 Å². The number of ether oxygens (including phenoxy) is 2. The third-order valence-corrected chi connectivity index (χ3v) is 5.86. The van der Waals surface area contributed by atoms with Gasteiger partial charge in [0.15, 0.2) is 0 Å². The monoisotopic (exact) mass is 412 g/mol. The van der Waals surface area contributed by atoms with Gasteiger partial charge in [0.05, 0.1) is 36.7 Å². The first-order chi connectivity index (χ1) is 14.3. The summed E-state index contributed by atoms with van der Waals surface area (Å²) in [6.45, 7) is 7.03. The maximum atomic E-state index is 13.0. The van der Waals surface area contributed by atoms with Crippen LogP contribution in [0.4, 0.5) is 16.2 Å². The molecule has 1 saturated heterocycles. The number of anilines is 2. The Hall–Kier alpha value is -2.87. The summed E-state index contributed by atoms with van der Waals surface area (Å²) >= 11 is 0. The molecule has 1 aromatic carbocycles. The van der Waals surface area contributed by atoms with E-state index in [9.17, 15) is 9.59 Å². The highest BCUT2D eigenvalue weighted by atomic mass is 16.6. The van der Waals surface area contributed by atoms with Crippen LogP contribution in [0.1, 0.15) is 39.2 Å². The van der Waals surface area contributed by atoms with Crippen molar-refractivity contribution in [3.63, 3.8) is 0 Å². The molecule has 1 aromatic rings. The summed E-state index contributed by atoms with van der Waals surface area (Å²) in [5.74, 6) is -0.0758. The van der Waals surface area contributed by atoms with E-state index in [2.05, 4.69) is 5.32 Å². The third kappa shape index (κ3) is 3.92. The lowest BCUT2D eigenvalue weighted by atomic mass is 10.0. The van der Waals surface area contributed by atoms with Crippen LogP contribution in [0, 0.1) is 5.41 Å². The number of nitrogens with zero attached hydrogens (tertiary/aromatic N) is 2. The minimum atomic E-state index is -0.395. The van der Waals surface area contributed by atoms with E-state index in [0.717, 1.165) is 18.4 Å². The molecule has 2 amide bonds. The van der Waals surface area contributed by atoms with Gasteiger partial charge in [-0.05, 0) is 44.4 Å². The van der Waals surface area contributed by atoms with Crippen LogP contribution in [-0.4, -0.2) is 55.7 Å². The number of nitrogens with one attached hydrogen (secondary N) is 2. The molecule has 0 radical (unpaired) electrons. The van der Waals surface area contributed by atoms with Crippen LogP contribution >= 0.6 is 0 Å². The highest BCUT2D eigenvalue weighted by molar-refractivity contribution is 6.10. The van der Waals surface area contributed by atoms with Crippen LogP contribution in [0.5, 0.6) is 0 Å². The number of benzene rings is 1. The summed E-state index contributed by atoms with van der Waals surface area (Å²) in [5, 5.41) is 11.1. The molecule has 1 aliphatic carbocycles. The number of hydrogen-bond acceptors (Lipinski definition) is 6. The minimum absolute atomic E-state index is 0.0758. The largest absolute Gasteiger partial charge is 0.443 e. The Bertz CT molecular complexity index is 904. The molecule has 8 heteroatoms. The molecule has 2 fully saturated rings. The summed E-state index contributed by atoms with van der Waals surface area (Å²) in [6, 6.07) is 5.64. The van der Waals surface area contributed by atoms with Gasteiger partial charge in [-0.25, -0.2) is 4.79 Å². The van der Waals surface area contributed by atoms with E-state index >= 15 is 0 Å². The number of fused-ring (bicyclic) bond motifs is 1. The normalized spacial score (nSPS) is 22.6. The highest BCUT2D eigenvalue weighted by Crippen LogP contribution is 2.42. The average molecular weight is 412 g/mol. The van der Waals surface area contributed by atoms with Crippen LogP contribution in [0.15, 0.2) is 24.4 Å². The molecule has 2 heterocycles. The lowest BCUT2D eigenvalue weighted by molar-refractivity contribution is -0.117. The molecule has 0 bridgehead atoms. The lowest BCUT2D eigenvalue weighted by Crippen LogP contribution is -2.52. The van der Waals surface area contributed by atoms with Crippen molar-refractivity contribution < 1.29 is 19.1 Å². The predicted molar refractivity (Wildman–Crippen MR) is 115 cm³/mol. The van der Waals surface area contributed by atoms with E-state index in [0.29, 0.717) is 36.7 Å². The summed E-state index contributed by atoms with van der Waals surface area (Å²) in [5.41, 5.74) is 2.37. The second-order valence-corrected chi connectivity index (χ2v) is 8.52. The van der Waals surface area contributed by atoms with Gasteiger partial charge in [-0.15, -0.1) is 0 Å². The van der Waals surface area contributed by atoms with Crippen molar-refractivity contribution >= 4 is 35.2 Å². The number of carbonyl (C=O) groups is 2. The van der Waals surface area contributed by atoms with E-state index in [-0.39, 0.29) is 23.6 Å². The number of amides is 2. The van der Waals surface area contributed by atoms with E-state index in [1.165, 1.54) is 13.1 Å². The average Bonchev–Trinajstić information content (AvgIpc) is 3.39. The summed E-state index contributed by atoms with van der Waals surface area (Å²) < 4.78 is 10.9. The Labute approximate surface area is 176 Å². The fourth-order valence-electron chi connectivity index (χ4n) is 3.75. The van der Waals surface area contributed by atoms with Gasteiger partial charge in [0.1, 0.15) is 5.60 Å². The van der Waals surface area contributed by atoms with Crippen LogP contribution in [-0.2, 0) is 14.3 Å². The molecule has 2 N–H and O–H groups in total. The Morgan fingerprint density at radius 2 is 2.03 bits per heavy atom. The van der Waals surface area contributed by atoms with Crippen LogP contribution in [0.3, 0.4) is 0 Å². The molecular formula is C22H28N4O4. The van der Waals surface area contributed by atoms with Gasteiger partial charge < -0.3 is 25.1 Å². The SMILES string of the molecule is CC(=O)N1c2ccc(/C(C=N)=C/NC3COC3)cc2N(C(=O)OC2(C)CC2)CC1C. The maximum absolute atomic E-state index is 13.0.